The van der Waals surface area contributed by atoms with Crippen molar-refractivity contribution in [2.75, 3.05) is 13.2 Å². The molecule has 5 heteroatoms. The average Bonchev–Trinajstić information content (AvgIpc) is 2.49. The number of halogens is 1. The Hall–Kier alpha value is -1.91. The van der Waals surface area contributed by atoms with Crippen LogP contribution in [0.25, 0.3) is 0 Å². The number of benzene rings is 1. The van der Waals surface area contributed by atoms with Crippen molar-refractivity contribution in [2.45, 2.75) is 39.2 Å². The fourth-order valence-electron chi connectivity index (χ4n) is 2.60. The number of hydrogen-bond donors (Lipinski definition) is 0. The maximum atomic E-state index is 13.3. The summed E-state index contributed by atoms with van der Waals surface area (Å²) in [4.78, 5) is 26.1. The molecule has 21 heavy (non-hydrogen) atoms. The second kappa shape index (κ2) is 6.70. The van der Waals surface area contributed by atoms with Gasteiger partial charge in [0, 0.05) is 12.1 Å². The van der Waals surface area contributed by atoms with Crippen LogP contribution in [0.15, 0.2) is 18.2 Å². The first-order chi connectivity index (χ1) is 10.0. The highest BCUT2D eigenvalue weighted by Gasteiger charge is 2.33. The molecule has 0 radical (unpaired) electrons. The number of hydrogen-bond acceptors (Lipinski definition) is 3. The van der Waals surface area contributed by atoms with Gasteiger partial charge in [0.1, 0.15) is 11.9 Å². The molecule has 1 aromatic carbocycles. The van der Waals surface area contributed by atoms with Crippen molar-refractivity contribution in [3.63, 3.8) is 0 Å². The average molecular weight is 293 g/mol. The van der Waals surface area contributed by atoms with E-state index in [0.717, 1.165) is 12.8 Å². The van der Waals surface area contributed by atoms with Crippen molar-refractivity contribution >= 4 is 11.9 Å². The molecule has 0 aromatic heterocycles. The highest BCUT2D eigenvalue weighted by Crippen LogP contribution is 2.21. The molecular weight excluding hydrogens is 273 g/mol. The summed E-state index contributed by atoms with van der Waals surface area (Å²) < 4.78 is 18.4. The lowest BCUT2D eigenvalue weighted by Gasteiger charge is -2.34. The summed E-state index contributed by atoms with van der Waals surface area (Å²) in [6.45, 7) is 4.19. The van der Waals surface area contributed by atoms with Gasteiger partial charge < -0.3 is 9.64 Å². The van der Waals surface area contributed by atoms with Crippen molar-refractivity contribution in [1.82, 2.24) is 4.90 Å². The predicted molar refractivity (Wildman–Crippen MR) is 76.4 cm³/mol. The van der Waals surface area contributed by atoms with E-state index in [-0.39, 0.29) is 17.7 Å². The van der Waals surface area contributed by atoms with E-state index in [1.807, 2.05) is 0 Å². The minimum absolute atomic E-state index is 0.240. The molecule has 1 aromatic rings. The number of rotatable bonds is 3. The Morgan fingerprint density at radius 2 is 2.14 bits per heavy atom. The summed E-state index contributed by atoms with van der Waals surface area (Å²) in [5.41, 5.74) is 0.829. The molecule has 1 aliphatic heterocycles. The van der Waals surface area contributed by atoms with Crippen molar-refractivity contribution in [2.24, 2.45) is 0 Å². The summed E-state index contributed by atoms with van der Waals surface area (Å²) in [5, 5.41) is 0. The summed E-state index contributed by atoms with van der Waals surface area (Å²) in [6, 6.07) is 3.73. The molecule has 1 atom stereocenters. The Bertz CT molecular complexity index is 544. The molecule has 1 heterocycles. The second-order valence-electron chi connectivity index (χ2n) is 5.23. The lowest BCUT2D eigenvalue weighted by molar-refractivity contribution is -0.149. The molecule has 1 fully saturated rings. The van der Waals surface area contributed by atoms with Crippen LogP contribution in [0.1, 0.15) is 42.1 Å². The third-order valence-electron chi connectivity index (χ3n) is 3.73. The molecule has 4 nitrogen and oxygen atoms in total. The van der Waals surface area contributed by atoms with Crippen LogP contribution in [0.4, 0.5) is 4.39 Å². The van der Waals surface area contributed by atoms with E-state index in [4.69, 9.17) is 4.74 Å². The van der Waals surface area contributed by atoms with Gasteiger partial charge in [0.2, 0.25) is 0 Å². The molecule has 0 bridgehead atoms. The minimum Gasteiger partial charge on any atom is -0.464 e. The highest BCUT2D eigenvalue weighted by atomic mass is 19.1. The van der Waals surface area contributed by atoms with Crippen molar-refractivity contribution in [1.29, 1.82) is 0 Å². The summed E-state index contributed by atoms with van der Waals surface area (Å²) in [7, 11) is 0. The maximum Gasteiger partial charge on any atom is 0.328 e. The smallest absolute Gasteiger partial charge is 0.328 e. The van der Waals surface area contributed by atoms with Crippen LogP contribution in [0.5, 0.6) is 0 Å². The molecule has 2 rings (SSSR count). The fourth-order valence-corrected chi connectivity index (χ4v) is 2.60. The van der Waals surface area contributed by atoms with Gasteiger partial charge in [0.05, 0.1) is 6.61 Å². The summed E-state index contributed by atoms with van der Waals surface area (Å²) >= 11 is 0. The number of aryl methyl sites for hydroxylation is 1. The van der Waals surface area contributed by atoms with Gasteiger partial charge in [-0.2, -0.15) is 0 Å². The molecule has 0 aliphatic carbocycles. The van der Waals surface area contributed by atoms with Gasteiger partial charge in [-0.3, -0.25) is 4.79 Å². The molecule has 1 unspecified atom stereocenters. The number of amides is 1. The van der Waals surface area contributed by atoms with E-state index in [1.54, 1.807) is 18.7 Å². The van der Waals surface area contributed by atoms with Gasteiger partial charge in [-0.25, -0.2) is 9.18 Å². The van der Waals surface area contributed by atoms with Gasteiger partial charge >= 0.3 is 5.97 Å². The zero-order valence-electron chi connectivity index (χ0n) is 12.4. The zero-order valence-corrected chi connectivity index (χ0v) is 12.4. The Balaban J connectivity index is 2.21. The third kappa shape index (κ3) is 3.40. The van der Waals surface area contributed by atoms with Crippen LogP contribution in [0, 0.1) is 12.7 Å². The van der Waals surface area contributed by atoms with E-state index in [9.17, 15) is 14.0 Å². The first-order valence-corrected chi connectivity index (χ1v) is 7.28. The first-order valence-electron chi connectivity index (χ1n) is 7.28. The SMILES string of the molecule is CCOC(=O)C1CCCCN1C(=O)c1ccc(F)c(C)c1. The van der Waals surface area contributed by atoms with Gasteiger partial charge in [0.15, 0.2) is 0 Å². The van der Waals surface area contributed by atoms with E-state index in [1.165, 1.54) is 18.2 Å². The van der Waals surface area contributed by atoms with Crippen LogP contribution in [0.3, 0.4) is 0 Å². The quantitative estimate of drug-likeness (QED) is 0.805. The van der Waals surface area contributed by atoms with Gasteiger partial charge in [-0.1, -0.05) is 0 Å². The van der Waals surface area contributed by atoms with E-state index >= 15 is 0 Å². The third-order valence-corrected chi connectivity index (χ3v) is 3.73. The normalized spacial score (nSPS) is 18.4. The topological polar surface area (TPSA) is 46.6 Å². The van der Waals surface area contributed by atoms with Gasteiger partial charge in [0.25, 0.3) is 5.91 Å². The Kier molecular flexibility index (Phi) is 4.94. The Morgan fingerprint density at radius 3 is 2.81 bits per heavy atom. The summed E-state index contributed by atoms with van der Waals surface area (Å²) in [5.74, 6) is -0.938. The molecule has 1 saturated heterocycles. The molecule has 114 valence electrons. The van der Waals surface area contributed by atoms with Crippen LogP contribution in [0.2, 0.25) is 0 Å². The lowest BCUT2D eigenvalue weighted by atomic mass is 10.0. The van der Waals surface area contributed by atoms with Crippen molar-refractivity contribution in [3.8, 4) is 0 Å². The van der Waals surface area contributed by atoms with Crippen LogP contribution in [-0.2, 0) is 9.53 Å². The van der Waals surface area contributed by atoms with Crippen LogP contribution >= 0.6 is 0 Å². The van der Waals surface area contributed by atoms with E-state index < -0.39 is 6.04 Å². The van der Waals surface area contributed by atoms with Crippen LogP contribution in [-0.4, -0.2) is 36.0 Å². The minimum atomic E-state index is -0.531. The standard InChI is InChI=1S/C16H20FNO3/c1-3-21-16(20)14-6-4-5-9-18(14)15(19)12-7-8-13(17)11(2)10-12/h7-8,10,14H,3-6,9H2,1-2H3. The molecule has 0 saturated carbocycles. The Labute approximate surface area is 123 Å². The molecule has 1 amide bonds. The largest absolute Gasteiger partial charge is 0.464 e. The van der Waals surface area contributed by atoms with Crippen molar-refractivity contribution in [3.05, 3.63) is 35.1 Å². The maximum absolute atomic E-state index is 13.3. The number of esters is 1. The van der Waals surface area contributed by atoms with Crippen LogP contribution < -0.4 is 0 Å². The zero-order chi connectivity index (χ0) is 15.4. The summed E-state index contributed by atoms with van der Waals surface area (Å²) in [6.07, 6.45) is 2.38. The number of likely N-dealkylation sites (tertiary alicyclic amines) is 1. The van der Waals surface area contributed by atoms with E-state index in [0.29, 0.717) is 30.7 Å². The first kappa shape index (κ1) is 15.5. The second-order valence-corrected chi connectivity index (χ2v) is 5.23. The molecule has 0 spiro atoms. The monoisotopic (exact) mass is 293 g/mol. The molecule has 0 N–H and O–H groups in total. The number of nitrogens with zero attached hydrogens (tertiary/aromatic N) is 1. The van der Waals surface area contributed by atoms with E-state index in [2.05, 4.69) is 0 Å². The highest BCUT2D eigenvalue weighted by molar-refractivity contribution is 5.97. The lowest BCUT2D eigenvalue weighted by Crippen LogP contribution is -2.48. The van der Waals surface area contributed by atoms with Crippen molar-refractivity contribution < 1.29 is 18.7 Å². The van der Waals surface area contributed by atoms with Gasteiger partial charge in [-0.05, 0) is 56.9 Å². The number of piperidine rings is 1. The van der Waals surface area contributed by atoms with Gasteiger partial charge in [-0.15, -0.1) is 0 Å². The number of carbonyl (C=O) groups is 2. The fraction of sp³-hybridized carbons (Fsp3) is 0.500. The Morgan fingerprint density at radius 1 is 1.38 bits per heavy atom. The molecule has 1 aliphatic rings. The predicted octanol–water partition coefficient (Wildman–Crippen LogP) is 2.69. The molecular formula is C16H20FNO3. The number of ether oxygens (including phenoxy) is 1. The number of carbonyl (C=O) groups excluding carboxylic acids is 2.